The predicted molar refractivity (Wildman–Crippen MR) is 74.2 cm³/mol. The molecule has 2 heterocycles. The van der Waals surface area contributed by atoms with Gasteiger partial charge in [-0.3, -0.25) is 14.5 Å². The molecule has 0 saturated carbocycles. The number of β-amino-alcohol motifs (C(OH)–C–C–N with tert-alkyl or cyclic N) is 1. The molecular formula is C13H24N4O3. The zero-order valence-electron chi connectivity index (χ0n) is 11.9. The van der Waals surface area contributed by atoms with E-state index < -0.39 is 0 Å². The Hall–Kier alpha value is -1.18. The van der Waals surface area contributed by atoms with Gasteiger partial charge in [0.2, 0.25) is 0 Å². The second-order valence-corrected chi connectivity index (χ2v) is 5.25. The molecule has 7 nitrogen and oxygen atoms in total. The Labute approximate surface area is 119 Å². The van der Waals surface area contributed by atoms with Crippen molar-refractivity contribution in [3.05, 3.63) is 0 Å². The summed E-state index contributed by atoms with van der Waals surface area (Å²) in [5.41, 5.74) is 0. The first-order valence-corrected chi connectivity index (χ1v) is 7.34. The van der Waals surface area contributed by atoms with Crippen LogP contribution in [-0.2, 0) is 9.59 Å². The van der Waals surface area contributed by atoms with Gasteiger partial charge < -0.3 is 20.2 Å². The normalized spacial score (nSPS) is 21.6. The monoisotopic (exact) mass is 284 g/mol. The van der Waals surface area contributed by atoms with Crippen molar-refractivity contribution in [2.45, 2.75) is 6.42 Å². The molecule has 0 aliphatic carbocycles. The van der Waals surface area contributed by atoms with Crippen LogP contribution in [0.4, 0.5) is 0 Å². The SMILES string of the molecule is O=C(C(=O)N1CCN(CCO)CC1)N1CCCNCC1. The van der Waals surface area contributed by atoms with Gasteiger partial charge in [-0.2, -0.15) is 0 Å². The third-order valence-electron chi connectivity index (χ3n) is 3.89. The quantitative estimate of drug-likeness (QED) is 0.571. The number of hydrogen-bond donors (Lipinski definition) is 2. The number of carbonyl (C=O) groups is 2. The van der Waals surface area contributed by atoms with Gasteiger partial charge in [-0.25, -0.2) is 0 Å². The van der Waals surface area contributed by atoms with E-state index in [1.165, 1.54) is 0 Å². The molecule has 0 aromatic heterocycles. The minimum atomic E-state index is -0.379. The van der Waals surface area contributed by atoms with Gasteiger partial charge in [-0.15, -0.1) is 0 Å². The number of nitrogens with zero attached hydrogens (tertiary/aromatic N) is 3. The lowest BCUT2D eigenvalue weighted by molar-refractivity contribution is -0.152. The maximum absolute atomic E-state index is 12.2. The molecule has 0 atom stereocenters. The van der Waals surface area contributed by atoms with E-state index in [4.69, 9.17) is 5.11 Å². The summed E-state index contributed by atoms with van der Waals surface area (Å²) in [6.45, 7) is 6.26. The number of rotatable bonds is 2. The van der Waals surface area contributed by atoms with Crippen LogP contribution in [0.2, 0.25) is 0 Å². The first-order chi connectivity index (χ1) is 9.72. The molecule has 2 N–H and O–H groups in total. The molecule has 0 bridgehead atoms. The lowest BCUT2D eigenvalue weighted by Crippen LogP contribution is -2.53. The van der Waals surface area contributed by atoms with Crippen molar-refractivity contribution < 1.29 is 14.7 Å². The van der Waals surface area contributed by atoms with E-state index in [9.17, 15) is 9.59 Å². The van der Waals surface area contributed by atoms with Gasteiger partial charge in [0.25, 0.3) is 0 Å². The Morgan fingerprint density at radius 2 is 1.55 bits per heavy atom. The lowest BCUT2D eigenvalue weighted by atomic mass is 10.3. The van der Waals surface area contributed by atoms with Crippen molar-refractivity contribution in [1.82, 2.24) is 20.0 Å². The van der Waals surface area contributed by atoms with Crippen LogP contribution in [0.25, 0.3) is 0 Å². The van der Waals surface area contributed by atoms with E-state index in [2.05, 4.69) is 10.2 Å². The third-order valence-corrected chi connectivity index (χ3v) is 3.89. The second kappa shape index (κ2) is 7.56. The predicted octanol–water partition coefficient (Wildman–Crippen LogP) is -2.06. The first kappa shape index (κ1) is 15.2. The van der Waals surface area contributed by atoms with Crippen LogP contribution >= 0.6 is 0 Å². The molecule has 0 radical (unpaired) electrons. The zero-order chi connectivity index (χ0) is 14.4. The summed E-state index contributed by atoms with van der Waals surface area (Å²) in [6.07, 6.45) is 0.892. The third kappa shape index (κ3) is 3.91. The molecule has 2 aliphatic heterocycles. The highest BCUT2D eigenvalue weighted by Crippen LogP contribution is 2.05. The molecule has 20 heavy (non-hydrogen) atoms. The van der Waals surface area contributed by atoms with Gasteiger partial charge in [-0.05, 0) is 13.0 Å². The number of nitrogens with one attached hydrogen (secondary N) is 1. The summed E-state index contributed by atoms with van der Waals surface area (Å²) in [4.78, 5) is 29.8. The Kier molecular flexibility index (Phi) is 5.75. The number of piperazine rings is 1. The molecule has 2 saturated heterocycles. The summed E-state index contributed by atoms with van der Waals surface area (Å²) < 4.78 is 0. The molecule has 7 heteroatoms. The van der Waals surface area contributed by atoms with Crippen molar-refractivity contribution in [2.24, 2.45) is 0 Å². The fourth-order valence-corrected chi connectivity index (χ4v) is 2.64. The smallest absolute Gasteiger partial charge is 0.312 e. The summed E-state index contributed by atoms with van der Waals surface area (Å²) in [6, 6.07) is 0. The maximum Gasteiger partial charge on any atom is 0.312 e. The summed E-state index contributed by atoms with van der Waals surface area (Å²) in [5, 5.41) is 12.1. The summed E-state index contributed by atoms with van der Waals surface area (Å²) in [7, 11) is 0. The lowest BCUT2D eigenvalue weighted by Gasteiger charge is -2.34. The first-order valence-electron chi connectivity index (χ1n) is 7.34. The molecule has 2 fully saturated rings. The van der Waals surface area contributed by atoms with E-state index in [1.54, 1.807) is 9.80 Å². The van der Waals surface area contributed by atoms with Gasteiger partial charge in [0.15, 0.2) is 0 Å². The van der Waals surface area contributed by atoms with Crippen LogP contribution in [0.15, 0.2) is 0 Å². The average molecular weight is 284 g/mol. The number of aliphatic hydroxyl groups is 1. The van der Waals surface area contributed by atoms with Crippen LogP contribution in [0.1, 0.15) is 6.42 Å². The highest BCUT2D eigenvalue weighted by molar-refractivity contribution is 6.34. The van der Waals surface area contributed by atoms with Crippen molar-refractivity contribution in [1.29, 1.82) is 0 Å². The van der Waals surface area contributed by atoms with Crippen LogP contribution in [0.3, 0.4) is 0 Å². The van der Waals surface area contributed by atoms with Crippen molar-refractivity contribution in [2.75, 3.05) is 65.5 Å². The Morgan fingerprint density at radius 1 is 0.900 bits per heavy atom. The number of hydrogen-bond acceptors (Lipinski definition) is 5. The molecule has 2 amide bonds. The number of aliphatic hydroxyl groups excluding tert-OH is 1. The largest absolute Gasteiger partial charge is 0.395 e. The fourth-order valence-electron chi connectivity index (χ4n) is 2.64. The van der Waals surface area contributed by atoms with Gasteiger partial charge in [0.05, 0.1) is 6.61 Å². The molecular weight excluding hydrogens is 260 g/mol. The standard InChI is InChI=1S/C13H24N4O3/c18-11-10-15-6-8-17(9-7-15)13(20)12(19)16-4-1-2-14-3-5-16/h14,18H,1-11H2. The van der Waals surface area contributed by atoms with Crippen molar-refractivity contribution >= 4 is 11.8 Å². The van der Waals surface area contributed by atoms with Gasteiger partial charge in [-0.1, -0.05) is 0 Å². The van der Waals surface area contributed by atoms with Crippen molar-refractivity contribution in [3.63, 3.8) is 0 Å². The second-order valence-electron chi connectivity index (χ2n) is 5.25. The van der Waals surface area contributed by atoms with Gasteiger partial charge in [0, 0.05) is 52.4 Å². The molecule has 0 aromatic rings. The Bertz CT molecular complexity index is 335. The summed E-state index contributed by atoms with van der Waals surface area (Å²) >= 11 is 0. The van der Waals surface area contributed by atoms with E-state index in [0.717, 1.165) is 32.6 Å². The molecule has 0 spiro atoms. The van der Waals surface area contributed by atoms with Crippen LogP contribution in [-0.4, -0.2) is 97.1 Å². The highest BCUT2D eigenvalue weighted by Gasteiger charge is 2.29. The Morgan fingerprint density at radius 3 is 2.20 bits per heavy atom. The maximum atomic E-state index is 12.2. The van der Waals surface area contributed by atoms with Crippen molar-refractivity contribution in [3.8, 4) is 0 Å². The van der Waals surface area contributed by atoms with E-state index in [1.807, 2.05) is 0 Å². The van der Waals surface area contributed by atoms with Crippen LogP contribution in [0, 0.1) is 0 Å². The minimum Gasteiger partial charge on any atom is -0.395 e. The van der Waals surface area contributed by atoms with Gasteiger partial charge >= 0.3 is 11.8 Å². The van der Waals surface area contributed by atoms with Gasteiger partial charge in [0.1, 0.15) is 0 Å². The zero-order valence-corrected chi connectivity index (χ0v) is 11.9. The Balaban J connectivity index is 1.83. The van der Waals surface area contributed by atoms with Crippen LogP contribution in [0.5, 0.6) is 0 Å². The summed E-state index contributed by atoms with van der Waals surface area (Å²) in [5.74, 6) is -0.750. The highest BCUT2D eigenvalue weighted by atomic mass is 16.3. The topological polar surface area (TPSA) is 76.1 Å². The molecule has 0 unspecified atom stereocenters. The molecule has 0 aromatic carbocycles. The molecule has 114 valence electrons. The number of amides is 2. The van der Waals surface area contributed by atoms with E-state index >= 15 is 0 Å². The van der Waals surface area contributed by atoms with E-state index in [0.29, 0.717) is 32.7 Å². The van der Waals surface area contributed by atoms with E-state index in [-0.39, 0.29) is 18.4 Å². The van der Waals surface area contributed by atoms with Crippen LogP contribution < -0.4 is 5.32 Å². The average Bonchev–Trinajstić information content (AvgIpc) is 2.76. The molecule has 2 rings (SSSR count). The fraction of sp³-hybridized carbons (Fsp3) is 0.846. The number of carbonyl (C=O) groups excluding carboxylic acids is 2. The molecule has 2 aliphatic rings. The minimum absolute atomic E-state index is 0.133.